The van der Waals surface area contributed by atoms with Crippen molar-refractivity contribution in [1.29, 1.82) is 0 Å². The zero-order valence-corrected chi connectivity index (χ0v) is 11.9. The van der Waals surface area contributed by atoms with Crippen LogP contribution in [0.4, 0.5) is 0 Å². The lowest BCUT2D eigenvalue weighted by Gasteiger charge is -2.18. The first-order valence-electron chi connectivity index (χ1n) is 6.53. The summed E-state index contributed by atoms with van der Waals surface area (Å²) in [7, 11) is 3.59. The summed E-state index contributed by atoms with van der Waals surface area (Å²) >= 11 is 0. The molecular formula is C13H21N5O. The molecule has 19 heavy (non-hydrogen) atoms. The Bertz CT molecular complexity index is 509. The Hall–Kier alpha value is -1.82. The van der Waals surface area contributed by atoms with E-state index in [4.69, 9.17) is 4.74 Å². The number of ether oxygens (including phenoxy) is 1. The van der Waals surface area contributed by atoms with Gasteiger partial charge in [0, 0.05) is 19.8 Å². The molecule has 0 spiro atoms. The van der Waals surface area contributed by atoms with Crippen LogP contribution in [0.2, 0.25) is 0 Å². The minimum absolute atomic E-state index is 0.0106. The predicted octanol–water partition coefficient (Wildman–Crippen LogP) is 1.34. The lowest BCUT2D eigenvalue weighted by molar-refractivity contribution is 0.398. The molecule has 104 valence electrons. The highest BCUT2D eigenvalue weighted by atomic mass is 16.5. The fraction of sp³-hybridized carbons (Fsp3) is 0.538. The van der Waals surface area contributed by atoms with Crippen molar-refractivity contribution in [3.8, 4) is 5.75 Å². The fourth-order valence-electron chi connectivity index (χ4n) is 2.21. The zero-order chi connectivity index (χ0) is 13.8. The average Bonchev–Trinajstić information content (AvgIpc) is 3.01. The largest absolute Gasteiger partial charge is 0.493 e. The number of rotatable bonds is 6. The van der Waals surface area contributed by atoms with E-state index in [9.17, 15) is 0 Å². The van der Waals surface area contributed by atoms with Crippen LogP contribution in [0.3, 0.4) is 0 Å². The van der Waals surface area contributed by atoms with Gasteiger partial charge in [-0.2, -0.15) is 10.2 Å². The molecule has 1 unspecified atom stereocenters. The molecule has 0 amide bonds. The first-order valence-corrected chi connectivity index (χ1v) is 6.53. The Morgan fingerprint density at radius 1 is 1.42 bits per heavy atom. The summed E-state index contributed by atoms with van der Waals surface area (Å²) in [6.45, 7) is 5.79. The molecule has 0 saturated heterocycles. The molecule has 2 aromatic heterocycles. The molecule has 6 nitrogen and oxygen atoms in total. The van der Waals surface area contributed by atoms with Crippen LogP contribution in [0, 0.1) is 0 Å². The number of aromatic nitrogens is 4. The van der Waals surface area contributed by atoms with Crippen LogP contribution in [-0.2, 0) is 13.6 Å². The third-order valence-electron chi connectivity index (χ3n) is 3.08. The van der Waals surface area contributed by atoms with Gasteiger partial charge >= 0.3 is 0 Å². The number of nitrogens with one attached hydrogen (secondary N) is 1. The number of nitrogens with zero attached hydrogens (tertiary/aromatic N) is 4. The molecule has 0 saturated carbocycles. The number of hydrogen-bond donors (Lipinski definition) is 1. The molecule has 0 aliphatic heterocycles. The van der Waals surface area contributed by atoms with Gasteiger partial charge in [0.1, 0.15) is 5.69 Å². The lowest BCUT2D eigenvalue weighted by Crippen LogP contribution is -2.25. The number of aryl methyl sites for hydroxylation is 2. The van der Waals surface area contributed by atoms with Gasteiger partial charge < -0.3 is 10.1 Å². The maximum absolute atomic E-state index is 5.43. The Morgan fingerprint density at radius 2 is 2.21 bits per heavy atom. The van der Waals surface area contributed by atoms with Gasteiger partial charge in [0.05, 0.1) is 25.0 Å². The van der Waals surface area contributed by atoms with Crippen molar-refractivity contribution in [3.63, 3.8) is 0 Å². The van der Waals surface area contributed by atoms with Crippen molar-refractivity contribution >= 4 is 0 Å². The average molecular weight is 263 g/mol. The van der Waals surface area contributed by atoms with E-state index in [2.05, 4.69) is 29.4 Å². The highest BCUT2D eigenvalue weighted by Gasteiger charge is 2.24. The van der Waals surface area contributed by atoms with Crippen molar-refractivity contribution in [1.82, 2.24) is 24.9 Å². The second kappa shape index (κ2) is 5.88. The summed E-state index contributed by atoms with van der Waals surface area (Å²) < 4.78 is 9.18. The standard InChI is InChI=1S/C13H21N5O/c1-5-14-12(10-7-8-17(3)16-10)13-11(19-4)9-15-18(13)6-2/h7-9,12,14H,5-6H2,1-4H3. The quantitative estimate of drug-likeness (QED) is 0.854. The van der Waals surface area contributed by atoms with Crippen LogP contribution in [0.1, 0.15) is 31.3 Å². The first kappa shape index (κ1) is 13.6. The van der Waals surface area contributed by atoms with Crippen LogP contribution >= 0.6 is 0 Å². The lowest BCUT2D eigenvalue weighted by atomic mass is 10.1. The molecule has 2 aromatic rings. The third kappa shape index (κ3) is 2.63. The second-order valence-electron chi connectivity index (χ2n) is 4.32. The molecule has 0 aliphatic rings. The van der Waals surface area contributed by atoms with E-state index in [1.807, 2.05) is 24.0 Å². The SMILES string of the molecule is CCNC(c1ccn(C)n1)c1c(OC)cnn1CC. The van der Waals surface area contributed by atoms with Crippen molar-refractivity contribution < 1.29 is 4.74 Å². The highest BCUT2D eigenvalue weighted by Crippen LogP contribution is 2.29. The van der Waals surface area contributed by atoms with Crippen LogP contribution in [0.5, 0.6) is 5.75 Å². The first-order chi connectivity index (χ1) is 9.21. The molecular weight excluding hydrogens is 242 g/mol. The van der Waals surface area contributed by atoms with Crippen LogP contribution in [0.25, 0.3) is 0 Å². The molecule has 1 N–H and O–H groups in total. The highest BCUT2D eigenvalue weighted by molar-refractivity contribution is 5.33. The molecule has 0 aromatic carbocycles. The normalized spacial score (nSPS) is 12.6. The summed E-state index contributed by atoms with van der Waals surface area (Å²) in [6.07, 6.45) is 3.70. The fourth-order valence-corrected chi connectivity index (χ4v) is 2.21. The van der Waals surface area contributed by atoms with E-state index >= 15 is 0 Å². The van der Waals surface area contributed by atoms with Gasteiger partial charge in [0.15, 0.2) is 5.75 Å². The minimum atomic E-state index is -0.0106. The Kier molecular flexibility index (Phi) is 4.21. The summed E-state index contributed by atoms with van der Waals surface area (Å²) in [5.41, 5.74) is 1.99. The van der Waals surface area contributed by atoms with Crippen molar-refractivity contribution in [2.24, 2.45) is 7.05 Å². The van der Waals surface area contributed by atoms with E-state index in [-0.39, 0.29) is 6.04 Å². The van der Waals surface area contributed by atoms with Gasteiger partial charge in [-0.3, -0.25) is 9.36 Å². The summed E-state index contributed by atoms with van der Waals surface area (Å²) in [6, 6.07) is 2.00. The Balaban J connectivity index is 2.46. The topological polar surface area (TPSA) is 56.9 Å². The van der Waals surface area contributed by atoms with Crippen molar-refractivity contribution in [2.75, 3.05) is 13.7 Å². The molecule has 0 fully saturated rings. The smallest absolute Gasteiger partial charge is 0.161 e. The molecule has 2 rings (SSSR count). The summed E-state index contributed by atoms with van der Waals surface area (Å²) in [5, 5.41) is 12.3. The summed E-state index contributed by atoms with van der Waals surface area (Å²) in [5.74, 6) is 0.790. The van der Waals surface area contributed by atoms with Gasteiger partial charge in [-0.05, 0) is 19.5 Å². The minimum Gasteiger partial charge on any atom is -0.493 e. The van der Waals surface area contributed by atoms with Crippen LogP contribution in [0.15, 0.2) is 18.5 Å². The molecule has 0 bridgehead atoms. The van der Waals surface area contributed by atoms with Gasteiger partial charge in [-0.1, -0.05) is 6.92 Å². The predicted molar refractivity (Wildman–Crippen MR) is 73.2 cm³/mol. The second-order valence-corrected chi connectivity index (χ2v) is 4.32. The van der Waals surface area contributed by atoms with Crippen LogP contribution in [-0.4, -0.2) is 33.2 Å². The molecule has 0 radical (unpaired) electrons. The molecule has 1 atom stereocenters. The Labute approximate surface area is 113 Å². The summed E-state index contributed by atoms with van der Waals surface area (Å²) in [4.78, 5) is 0. The maximum Gasteiger partial charge on any atom is 0.161 e. The van der Waals surface area contributed by atoms with E-state index in [1.54, 1.807) is 18.0 Å². The monoisotopic (exact) mass is 263 g/mol. The van der Waals surface area contributed by atoms with E-state index in [0.29, 0.717) is 0 Å². The van der Waals surface area contributed by atoms with E-state index in [1.165, 1.54) is 0 Å². The zero-order valence-electron chi connectivity index (χ0n) is 11.9. The van der Waals surface area contributed by atoms with Gasteiger partial charge in [-0.25, -0.2) is 0 Å². The van der Waals surface area contributed by atoms with Gasteiger partial charge in [0.2, 0.25) is 0 Å². The van der Waals surface area contributed by atoms with Crippen molar-refractivity contribution in [3.05, 3.63) is 29.8 Å². The van der Waals surface area contributed by atoms with Gasteiger partial charge in [-0.15, -0.1) is 0 Å². The maximum atomic E-state index is 5.43. The number of methoxy groups -OCH3 is 1. The molecule has 6 heteroatoms. The molecule has 2 heterocycles. The number of hydrogen-bond acceptors (Lipinski definition) is 4. The van der Waals surface area contributed by atoms with Gasteiger partial charge in [0.25, 0.3) is 0 Å². The van der Waals surface area contributed by atoms with E-state index in [0.717, 1.165) is 30.2 Å². The van der Waals surface area contributed by atoms with E-state index < -0.39 is 0 Å². The molecule has 0 aliphatic carbocycles. The Morgan fingerprint density at radius 3 is 2.74 bits per heavy atom. The van der Waals surface area contributed by atoms with Crippen LogP contribution < -0.4 is 10.1 Å². The van der Waals surface area contributed by atoms with Crippen molar-refractivity contribution in [2.45, 2.75) is 26.4 Å². The third-order valence-corrected chi connectivity index (χ3v) is 3.08.